The molecule has 6 aromatic carbocycles. The van der Waals surface area contributed by atoms with Crippen LogP contribution in [-0.4, -0.2) is 20.2 Å². The first-order valence-corrected chi connectivity index (χ1v) is 19.0. The standard InChI is InChI=1S/C52H32N4O/c1-2-16-47(54-27-8-1)41-14-5-3-12-39(41)35-18-22-49-43(30-35)44-31-36(40-13-4-6-15-42(40)48-17-7-9-28-55-48)19-23-50(44)56(49)38-21-25-52-46(32-38)45-29-34(20-24-51(45)57-52)37-11-10-26-53-33-37/h1,3-33H. The Kier molecular flexibility index (Phi) is 7.70. The van der Waals surface area contributed by atoms with Gasteiger partial charge in [0.05, 0.1) is 22.4 Å². The van der Waals surface area contributed by atoms with Crippen LogP contribution in [-0.2, 0) is 0 Å². The third kappa shape index (κ3) is 5.61. The lowest BCUT2D eigenvalue weighted by Gasteiger charge is -2.11. The van der Waals surface area contributed by atoms with Crippen LogP contribution in [0.25, 0.3) is 94.1 Å². The SMILES string of the molecule is C1=CC=CN=C(c2ccccc2-c2ccc3c(c2)c2cc(-c4ccccc4-c4ccccn4)ccc2n3-c2ccc3oc4ccc(-c5cccnc5)cc4c3c2)C=1. The van der Waals surface area contributed by atoms with E-state index in [1.807, 2.05) is 55.0 Å². The van der Waals surface area contributed by atoms with E-state index in [4.69, 9.17) is 14.4 Å². The predicted molar refractivity (Wildman–Crippen MR) is 234 cm³/mol. The van der Waals surface area contributed by atoms with Crippen LogP contribution >= 0.6 is 0 Å². The molecule has 1 aliphatic rings. The Morgan fingerprint density at radius 2 is 1.18 bits per heavy atom. The van der Waals surface area contributed by atoms with Crippen LogP contribution in [0.2, 0.25) is 0 Å². The third-order valence-corrected chi connectivity index (χ3v) is 10.9. The van der Waals surface area contributed by atoms with Crippen molar-refractivity contribution in [1.29, 1.82) is 0 Å². The molecule has 57 heavy (non-hydrogen) atoms. The van der Waals surface area contributed by atoms with Gasteiger partial charge in [0.25, 0.3) is 0 Å². The molecule has 0 fully saturated rings. The number of hydrogen-bond donors (Lipinski definition) is 0. The van der Waals surface area contributed by atoms with Crippen LogP contribution in [0.1, 0.15) is 5.56 Å². The Bertz CT molecular complexity index is 3320. The summed E-state index contributed by atoms with van der Waals surface area (Å²) in [5, 5.41) is 4.45. The Morgan fingerprint density at radius 3 is 1.91 bits per heavy atom. The molecular weight excluding hydrogens is 697 g/mol. The Balaban J connectivity index is 1.14. The zero-order valence-corrected chi connectivity index (χ0v) is 30.7. The van der Waals surface area contributed by atoms with Gasteiger partial charge in [0, 0.05) is 74.8 Å². The minimum atomic E-state index is 0.852. The molecule has 0 bridgehead atoms. The molecule has 0 aliphatic carbocycles. The Hall–Kier alpha value is -7.85. The molecule has 5 nitrogen and oxygen atoms in total. The van der Waals surface area contributed by atoms with Crippen molar-refractivity contribution in [3.8, 4) is 50.3 Å². The van der Waals surface area contributed by atoms with E-state index in [0.717, 1.165) is 105 Å². The number of hydrogen-bond acceptors (Lipinski definition) is 4. The molecule has 0 radical (unpaired) electrons. The van der Waals surface area contributed by atoms with Gasteiger partial charge in [-0.2, -0.15) is 0 Å². The normalized spacial score (nSPS) is 12.5. The molecule has 0 amide bonds. The highest BCUT2D eigenvalue weighted by Gasteiger charge is 2.19. The van der Waals surface area contributed by atoms with Crippen molar-refractivity contribution in [3.05, 3.63) is 206 Å². The first kappa shape index (κ1) is 32.6. The third-order valence-electron chi connectivity index (χ3n) is 10.9. The number of benzene rings is 6. The van der Waals surface area contributed by atoms with Crippen LogP contribution in [0.3, 0.4) is 0 Å². The van der Waals surface area contributed by atoms with E-state index in [9.17, 15) is 0 Å². The van der Waals surface area contributed by atoms with Crippen molar-refractivity contribution in [3.63, 3.8) is 0 Å². The first-order valence-electron chi connectivity index (χ1n) is 19.0. The van der Waals surface area contributed by atoms with E-state index in [-0.39, 0.29) is 0 Å². The van der Waals surface area contributed by atoms with Crippen LogP contribution in [0, 0.1) is 0 Å². The number of rotatable bonds is 6. The van der Waals surface area contributed by atoms with E-state index in [1.165, 1.54) is 0 Å². The zero-order chi connectivity index (χ0) is 37.7. The minimum Gasteiger partial charge on any atom is -0.456 e. The van der Waals surface area contributed by atoms with Gasteiger partial charge in [-0.15, -0.1) is 5.73 Å². The smallest absolute Gasteiger partial charge is 0.135 e. The van der Waals surface area contributed by atoms with Crippen molar-refractivity contribution in [2.75, 3.05) is 0 Å². The quantitative estimate of drug-likeness (QED) is 0.160. The number of aliphatic imine (C=N–C) groups is 1. The highest BCUT2D eigenvalue weighted by molar-refractivity contribution is 6.16. The number of fused-ring (bicyclic) bond motifs is 6. The topological polar surface area (TPSA) is 56.2 Å². The second-order valence-corrected chi connectivity index (χ2v) is 14.2. The molecule has 0 atom stereocenters. The summed E-state index contributed by atoms with van der Waals surface area (Å²) in [6, 6.07) is 53.7. The van der Waals surface area contributed by atoms with Gasteiger partial charge in [-0.3, -0.25) is 15.0 Å². The summed E-state index contributed by atoms with van der Waals surface area (Å²) in [5.41, 5.74) is 18.9. The predicted octanol–water partition coefficient (Wildman–Crippen LogP) is 13.2. The van der Waals surface area contributed by atoms with Crippen LogP contribution in [0.15, 0.2) is 210 Å². The maximum absolute atomic E-state index is 6.38. The van der Waals surface area contributed by atoms with E-state index in [1.54, 1.807) is 6.20 Å². The fourth-order valence-electron chi connectivity index (χ4n) is 8.23. The van der Waals surface area contributed by atoms with Crippen molar-refractivity contribution in [2.24, 2.45) is 4.99 Å². The molecule has 0 saturated heterocycles. The van der Waals surface area contributed by atoms with E-state index in [2.05, 4.69) is 149 Å². The molecule has 0 unspecified atom stereocenters. The number of pyridine rings is 2. The molecule has 0 N–H and O–H groups in total. The second-order valence-electron chi connectivity index (χ2n) is 14.2. The Morgan fingerprint density at radius 1 is 0.509 bits per heavy atom. The number of nitrogens with zero attached hydrogens (tertiary/aromatic N) is 4. The molecule has 5 heteroatoms. The highest BCUT2D eigenvalue weighted by Crippen LogP contribution is 2.41. The van der Waals surface area contributed by atoms with Crippen molar-refractivity contribution in [2.45, 2.75) is 0 Å². The van der Waals surface area contributed by atoms with E-state index < -0.39 is 0 Å². The number of aromatic nitrogens is 3. The van der Waals surface area contributed by atoms with Gasteiger partial charge in [0.1, 0.15) is 11.2 Å². The fourth-order valence-corrected chi connectivity index (χ4v) is 8.23. The van der Waals surface area contributed by atoms with Crippen LogP contribution in [0.5, 0.6) is 0 Å². The largest absolute Gasteiger partial charge is 0.456 e. The fraction of sp³-hybridized carbons (Fsp3) is 0. The van der Waals surface area contributed by atoms with Gasteiger partial charge in [-0.05, 0) is 113 Å². The van der Waals surface area contributed by atoms with Crippen LogP contribution in [0.4, 0.5) is 0 Å². The molecule has 5 heterocycles. The molecule has 0 saturated carbocycles. The summed E-state index contributed by atoms with van der Waals surface area (Å²) in [4.78, 5) is 13.8. The van der Waals surface area contributed by atoms with E-state index >= 15 is 0 Å². The maximum atomic E-state index is 6.38. The van der Waals surface area contributed by atoms with Gasteiger partial charge >= 0.3 is 0 Å². The lowest BCUT2D eigenvalue weighted by molar-refractivity contribution is 0.669. The Labute approximate surface area is 328 Å². The summed E-state index contributed by atoms with van der Waals surface area (Å²) in [7, 11) is 0. The van der Waals surface area contributed by atoms with Gasteiger partial charge in [-0.25, -0.2) is 0 Å². The first-order chi connectivity index (χ1) is 28.3. The van der Waals surface area contributed by atoms with E-state index in [0.29, 0.717) is 0 Å². The zero-order valence-electron chi connectivity index (χ0n) is 30.7. The van der Waals surface area contributed by atoms with Crippen molar-refractivity contribution < 1.29 is 4.42 Å². The van der Waals surface area contributed by atoms with Gasteiger partial charge < -0.3 is 8.98 Å². The lowest BCUT2D eigenvalue weighted by Crippen LogP contribution is -1.99. The molecule has 0 spiro atoms. The van der Waals surface area contributed by atoms with Crippen molar-refractivity contribution in [1.82, 2.24) is 14.5 Å². The number of furan rings is 1. The molecular formula is C52H32N4O. The highest BCUT2D eigenvalue weighted by atomic mass is 16.3. The summed E-state index contributed by atoms with van der Waals surface area (Å²) in [5.74, 6) is 0. The maximum Gasteiger partial charge on any atom is 0.135 e. The summed E-state index contributed by atoms with van der Waals surface area (Å²) in [6.45, 7) is 0. The number of allylic oxidation sites excluding steroid dienone is 2. The van der Waals surface area contributed by atoms with Gasteiger partial charge in [0.15, 0.2) is 0 Å². The second kappa shape index (κ2) is 13.5. The lowest BCUT2D eigenvalue weighted by atomic mass is 9.94. The summed E-state index contributed by atoms with van der Waals surface area (Å²) in [6.07, 6.45) is 13.1. The summed E-state index contributed by atoms with van der Waals surface area (Å²) >= 11 is 0. The molecule has 10 aromatic rings. The molecule has 1 aliphatic heterocycles. The molecule has 11 rings (SSSR count). The van der Waals surface area contributed by atoms with Crippen LogP contribution < -0.4 is 0 Å². The average Bonchev–Trinajstić information content (AvgIpc) is 3.66. The monoisotopic (exact) mass is 728 g/mol. The molecule has 266 valence electrons. The van der Waals surface area contributed by atoms with Gasteiger partial charge in [-0.1, -0.05) is 78.9 Å². The van der Waals surface area contributed by atoms with Gasteiger partial charge in [0.2, 0.25) is 0 Å². The minimum absolute atomic E-state index is 0.852. The summed E-state index contributed by atoms with van der Waals surface area (Å²) < 4.78 is 8.76. The van der Waals surface area contributed by atoms with Crippen molar-refractivity contribution >= 4 is 49.5 Å². The average molecular weight is 729 g/mol. The molecule has 4 aromatic heterocycles.